The Morgan fingerprint density at radius 3 is 0.736 bits per heavy atom. The fourth-order valence-corrected chi connectivity index (χ4v) is 27.4. The zero-order chi connectivity index (χ0) is 36.0. The third-order valence-corrected chi connectivity index (χ3v) is 25.5. The van der Waals surface area contributed by atoms with E-state index in [-0.39, 0.29) is 0 Å². The molecule has 0 N–H and O–H groups in total. The van der Waals surface area contributed by atoms with Gasteiger partial charge in [-0.1, -0.05) is 206 Å². The van der Waals surface area contributed by atoms with Crippen LogP contribution < -0.4 is 42.4 Å². The molecular weight excluding hydrogens is 697 g/mol. The molecule has 1 nitrogen and oxygen atoms in total. The largest absolute Gasteiger partial charge is 0.305 e. The molecule has 0 atom stereocenters. The second kappa shape index (κ2) is 15.4. The van der Waals surface area contributed by atoms with Crippen molar-refractivity contribution in [3.8, 4) is 0 Å². The summed E-state index contributed by atoms with van der Waals surface area (Å²) in [4.78, 5) is 0. The molecule has 4 heteroatoms. The van der Waals surface area contributed by atoms with E-state index in [0.29, 0.717) is 0 Å². The molecule has 8 rings (SSSR count). The van der Waals surface area contributed by atoms with Crippen molar-refractivity contribution in [2.75, 3.05) is 0 Å². The summed E-state index contributed by atoms with van der Waals surface area (Å²) in [7, 11) is -6.79. The molecule has 8 aromatic carbocycles. The van der Waals surface area contributed by atoms with E-state index in [4.69, 9.17) is 0 Å². The van der Waals surface area contributed by atoms with Crippen molar-refractivity contribution < 1.29 is 4.57 Å². The number of rotatable bonds is 10. The highest BCUT2D eigenvalue weighted by Crippen LogP contribution is 2.75. The van der Waals surface area contributed by atoms with Crippen LogP contribution in [0.5, 0.6) is 0 Å². The molecule has 0 bridgehead atoms. The van der Waals surface area contributed by atoms with Crippen LogP contribution >= 0.6 is 21.3 Å². The average molecular weight is 738 g/mol. The Hall–Kier alpha value is -5.28. The molecule has 0 spiro atoms. The summed E-state index contributed by atoms with van der Waals surface area (Å²) in [6.07, 6.45) is 0. The van der Waals surface area contributed by atoms with E-state index in [9.17, 15) is 0 Å². The second-order valence-corrected chi connectivity index (χ2v) is 23.4. The summed E-state index contributed by atoms with van der Waals surface area (Å²) >= 11 is 0. The summed E-state index contributed by atoms with van der Waals surface area (Å²) in [6, 6.07) is 86.4. The maximum Gasteiger partial charge on any atom is 0.206 e. The Balaban J connectivity index is 1.83. The van der Waals surface area contributed by atoms with Crippen LogP contribution in [0.15, 0.2) is 243 Å². The van der Waals surface area contributed by atoms with Gasteiger partial charge in [-0.2, -0.15) is 0 Å². The molecule has 8 aromatic rings. The number of hydrogen-bond donors (Lipinski definition) is 0. The molecule has 0 heterocycles. The molecule has 0 fully saturated rings. The first-order valence-corrected chi connectivity index (χ1v) is 23.2. The van der Waals surface area contributed by atoms with Gasteiger partial charge in [-0.25, -0.2) is 0 Å². The van der Waals surface area contributed by atoms with Crippen LogP contribution in [0.25, 0.3) is 0 Å². The highest BCUT2D eigenvalue weighted by molar-refractivity contribution is 8.36. The minimum Gasteiger partial charge on any atom is -0.305 e. The van der Waals surface area contributed by atoms with Crippen LogP contribution in [0, 0.1) is 0 Å². The zero-order valence-corrected chi connectivity index (χ0v) is 32.0. The first kappa shape index (κ1) is 34.8. The molecule has 53 heavy (non-hydrogen) atoms. The second-order valence-electron chi connectivity index (χ2n) is 12.9. The van der Waals surface area contributed by atoms with Gasteiger partial charge < -0.3 is 4.57 Å². The first-order chi connectivity index (χ1) is 26.2. The van der Waals surface area contributed by atoms with Gasteiger partial charge >= 0.3 is 0 Å². The van der Waals surface area contributed by atoms with Gasteiger partial charge in [-0.05, 0) is 52.3 Å². The molecule has 256 valence electrons. The highest BCUT2D eigenvalue weighted by Gasteiger charge is 2.61. The maximum absolute atomic E-state index is 18.1. The lowest BCUT2D eigenvalue weighted by molar-refractivity contribution is 0.594. The lowest BCUT2D eigenvalue weighted by Crippen LogP contribution is -2.43. The highest BCUT2D eigenvalue weighted by atomic mass is 31.3. The number of benzene rings is 8. The lowest BCUT2D eigenvalue weighted by Gasteiger charge is -2.41. The van der Waals surface area contributed by atoms with Crippen molar-refractivity contribution in [2.24, 2.45) is 0 Å². The molecule has 0 aromatic heterocycles. The van der Waals surface area contributed by atoms with E-state index in [1.165, 1.54) is 31.8 Å². The first-order valence-electron chi connectivity index (χ1n) is 17.9. The molecule has 0 aliphatic carbocycles. The topological polar surface area (TPSA) is 17.1 Å². The van der Waals surface area contributed by atoms with Crippen molar-refractivity contribution >= 4 is 68.5 Å². The molecular formula is C49H40OP3+. The Bertz CT molecular complexity index is 2250. The molecule has 0 aliphatic heterocycles. The summed E-state index contributed by atoms with van der Waals surface area (Å²) < 4.78 is 19.2. The van der Waals surface area contributed by atoms with Crippen LogP contribution in [0.3, 0.4) is 0 Å². The van der Waals surface area contributed by atoms with Gasteiger partial charge in [-0.15, -0.1) is 0 Å². The third-order valence-electron chi connectivity index (χ3n) is 9.98. The molecule has 0 aliphatic rings. The van der Waals surface area contributed by atoms with Crippen molar-refractivity contribution in [3.63, 3.8) is 0 Å². The van der Waals surface area contributed by atoms with Gasteiger partial charge in [-0.3, -0.25) is 0 Å². The maximum atomic E-state index is 18.1. The molecule has 0 radical (unpaired) electrons. The van der Waals surface area contributed by atoms with Gasteiger partial charge in [0.25, 0.3) is 0 Å². The van der Waals surface area contributed by atoms with Crippen LogP contribution in [0.4, 0.5) is 0 Å². The minimum atomic E-state index is -3.75. The van der Waals surface area contributed by atoms with Crippen molar-refractivity contribution in [3.05, 3.63) is 243 Å². The average Bonchev–Trinajstić information content (AvgIpc) is 3.26. The molecule has 0 saturated carbocycles. The van der Waals surface area contributed by atoms with E-state index < -0.39 is 21.3 Å². The Morgan fingerprint density at radius 2 is 0.491 bits per heavy atom. The molecule has 0 saturated heterocycles. The van der Waals surface area contributed by atoms with Gasteiger partial charge in [0, 0.05) is 17.5 Å². The van der Waals surface area contributed by atoms with Crippen LogP contribution in [0.1, 0.15) is 0 Å². The third kappa shape index (κ3) is 6.01. The quantitative estimate of drug-likeness (QED) is 0.128. The Kier molecular flexibility index (Phi) is 10.1. The lowest BCUT2D eigenvalue weighted by atomic mass is 10.4. The summed E-state index contributed by atoms with van der Waals surface area (Å²) in [5.74, 6) is 0. The fraction of sp³-hybridized carbons (Fsp3) is 0. The number of hydrogen-bond acceptors (Lipinski definition) is 1. The van der Waals surface area contributed by atoms with E-state index in [2.05, 4.69) is 206 Å². The van der Waals surface area contributed by atoms with E-state index in [0.717, 1.165) is 15.4 Å². The Morgan fingerprint density at radius 1 is 0.283 bits per heavy atom. The van der Waals surface area contributed by atoms with Gasteiger partial charge in [0.2, 0.25) is 7.14 Å². The van der Waals surface area contributed by atoms with E-state index >= 15 is 4.57 Å². The van der Waals surface area contributed by atoms with Gasteiger partial charge in [0.05, 0.1) is 0 Å². The monoisotopic (exact) mass is 737 g/mol. The SMILES string of the molecule is O=P(C(=P(c1ccccc1)(c1ccccc1)c1ccccc1)[P+](c1ccccc1)(c1ccccc1)c1ccccc1)(c1ccccc1)c1ccccc1. The molecule has 0 unspecified atom stereocenters. The van der Waals surface area contributed by atoms with Gasteiger partial charge in [0.15, 0.2) is 4.78 Å². The Labute approximate surface area is 314 Å². The fourth-order valence-electron chi connectivity index (χ4n) is 7.80. The van der Waals surface area contributed by atoms with Crippen molar-refractivity contribution in [1.82, 2.24) is 0 Å². The molecule has 0 amide bonds. The predicted molar refractivity (Wildman–Crippen MR) is 235 cm³/mol. The van der Waals surface area contributed by atoms with E-state index in [1.807, 2.05) is 36.4 Å². The van der Waals surface area contributed by atoms with Crippen LogP contribution in [0.2, 0.25) is 0 Å². The van der Waals surface area contributed by atoms with Crippen molar-refractivity contribution in [1.29, 1.82) is 0 Å². The summed E-state index contributed by atoms with van der Waals surface area (Å²) in [5.41, 5.74) is 0. The summed E-state index contributed by atoms with van der Waals surface area (Å²) in [5, 5.41) is 8.70. The standard InChI is InChI=1S/C49H40OP3/c50-53(47-37-21-7-22-38-47,48-39-23-8-24-40-48)49(51(41-25-9-1-10-26-41,42-27-11-2-12-28-42)43-29-13-3-14-30-43)52(44-31-15-4-16-32-44,45-33-17-5-18-34-45)46-35-19-6-20-36-46/h1-40H/q+1. The van der Waals surface area contributed by atoms with Crippen molar-refractivity contribution in [2.45, 2.75) is 0 Å². The van der Waals surface area contributed by atoms with Crippen LogP contribution in [-0.2, 0) is 4.57 Å². The minimum absolute atomic E-state index is 0.834. The normalized spacial score (nSPS) is 11.8. The predicted octanol–water partition coefficient (Wildman–Crippen LogP) is 9.08. The van der Waals surface area contributed by atoms with Gasteiger partial charge in [0.1, 0.15) is 23.2 Å². The van der Waals surface area contributed by atoms with E-state index in [1.54, 1.807) is 0 Å². The summed E-state index contributed by atoms with van der Waals surface area (Å²) in [6.45, 7) is -3.03. The smallest absolute Gasteiger partial charge is 0.206 e. The zero-order valence-electron chi connectivity index (χ0n) is 29.3. The van der Waals surface area contributed by atoms with Crippen LogP contribution in [-0.4, -0.2) is 4.78 Å².